The zero-order valence-electron chi connectivity index (χ0n) is 19.8. The summed E-state index contributed by atoms with van der Waals surface area (Å²) in [6.45, 7) is 2.63. The van der Waals surface area contributed by atoms with E-state index in [9.17, 15) is 9.59 Å². The Morgan fingerprint density at radius 3 is 2.61 bits per heavy atom. The molecular formula is C27H26ClN3O2S3. The Morgan fingerprint density at radius 2 is 1.86 bits per heavy atom. The minimum Gasteiger partial charge on any atom is -0.302 e. The number of rotatable bonds is 10. The Morgan fingerprint density at radius 1 is 1.11 bits per heavy atom. The van der Waals surface area contributed by atoms with Crippen LogP contribution < -0.4 is 5.32 Å². The number of carbonyl (C=O) groups is 2. The van der Waals surface area contributed by atoms with Gasteiger partial charge in [0.15, 0.2) is 5.13 Å². The van der Waals surface area contributed by atoms with Crippen molar-refractivity contribution < 1.29 is 9.59 Å². The molecule has 9 heteroatoms. The molecular weight excluding hydrogens is 530 g/mol. The number of hydrogen-bond donors (Lipinski definition) is 1. The maximum absolute atomic E-state index is 12.7. The summed E-state index contributed by atoms with van der Waals surface area (Å²) in [5.41, 5.74) is 3.37. The number of thiazole rings is 1. The summed E-state index contributed by atoms with van der Waals surface area (Å²) < 4.78 is 0.572. The highest BCUT2D eigenvalue weighted by atomic mass is 35.5. The van der Waals surface area contributed by atoms with E-state index < -0.39 is 0 Å². The third-order valence-corrected chi connectivity index (χ3v) is 8.17. The van der Waals surface area contributed by atoms with Gasteiger partial charge in [-0.15, -0.1) is 11.3 Å². The minimum absolute atomic E-state index is 0.0391. The summed E-state index contributed by atoms with van der Waals surface area (Å²) in [6, 6.07) is 15.8. The summed E-state index contributed by atoms with van der Waals surface area (Å²) in [6.07, 6.45) is 7.24. The van der Waals surface area contributed by atoms with Crippen LogP contribution >= 0.6 is 46.9 Å². The Kier molecular flexibility index (Phi) is 9.31. The molecule has 2 aromatic carbocycles. The average molecular weight is 556 g/mol. The lowest BCUT2D eigenvalue weighted by molar-refractivity contribution is -0.122. The van der Waals surface area contributed by atoms with E-state index in [4.69, 9.17) is 23.8 Å². The first-order valence-corrected chi connectivity index (χ1v) is 14.1. The van der Waals surface area contributed by atoms with Crippen LogP contribution in [0.5, 0.6) is 0 Å². The van der Waals surface area contributed by atoms with E-state index in [-0.39, 0.29) is 11.8 Å². The molecule has 4 rings (SSSR count). The van der Waals surface area contributed by atoms with Gasteiger partial charge in [-0.3, -0.25) is 14.5 Å². The second-order valence-electron chi connectivity index (χ2n) is 8.54. The van der Waals surface area contributed by atoms with Crippen LogP contribution in [0.4, 0.5) is 5.13 Å². The van der Waals surface area contributed by atoms with Gasteiger partial charge >= 0.3 is 0 Å². The van der Waals surface area contributed by atoms with Gasteiger partial charge in [0.05, 0.1) is 4.91 Å². The molecule has 36 heavy (non-hydrogen) atoms. The second kappa shape index (κ2) is 12.6. The van der Waals surface area contributed by atoms with Gasteiger partial charge in [-0.1, -0.05) is 84.0 Å². The fourth-order valence-electron chi connectivity index (χ4n) is 3.67. The van der Waals surface area contributed by atoms with Gasteiger partial charge in [-0.25, -0.2) is 4.98 Å². The number of unbranched alkanes of at least 4 members (excludes halogenated alkanes) is 2. The van der Waals surface area contributed by atoms with Crippen LogP contribution in [0, 0.1) is 6.92 Å². The molecule has 1 aromatic heterocycles. The minimum atomic E-state index is -0.0668. The maximum atomic E-state index is 12.7. The van der Waals surface area contributed by atoms with Gasteiger partial charge in [-0.05, 0) is 49.1 Å². The molecule has 186 valence electrons. The number of thiocarbonyl (C=S) groups is 1. The van der Waals surface area contributed by atoms with Crippen molar-refractivity contribution in [3.8, 4) is 0 Å². The SMILES string of the molecule is Cc1ccc(Cc2cnc(NC(=O)CCCCCN3C(=O)/C(=C/c4ccc(Cl)cc4)SC3=S)s2)cc1. The van der Waals surface area contributed by atoms with Crippen molar-refractivity contribution in [3.63, 3.8) is 0 Å². The lowest BCUT2D eigenvalue weighted by Gasteiger charge is -2.14. The molecule has 3 aromatic rings. The van der Waals surface area contributed by atoms with E-state index in [1.165, 1.54) is 34.2 Å². The quantitative estimate of drug-likeness (QED) is 0.164. The number of aromatic nitrogens is 1. The monoisotopic (exact) mass is 555 g/mol. The van der Waals surface area contributed by atoms with Crippen LogP contribution in [0.3, 0.4) is 0 Å². The van der Waals surface area contributed by atoms with E-state index in [0.29, 0.717) is 32.3 Å². The van der Waals surface area contributed by atoms with Gasteiger partial charge in [-0.2, -0.15) is 0 Å². The van der Waals surface area contributed by atoms with Crippen LogP contribution in [-0.2, 0) is 16.0 Å². The standard InChI is InChI=1S/C27H26ClN3O2S3/c1-18-6-8-19(9-7-18)15-22-17-29-26(35-22)30-24(32)5-3-2-4-14-31-25(33)23(36-27(31)34)16-20-10-12-21(28)13-11-20/h6-13,16-17H,2-5,14-15H2,1H3,(H,29,30,32)/b23-16-. The highest BCUT2D eigenvalue weighted by Crippen LogP contribution is 2.33. The highest BCUT2D eigenvalue weighted by Gasteiger charge is 2.31. The fraction of sp³-hybridized carbons (Fsp3) is 0.259. The van der Waals surface area contributed by atoms with Crippen molar-refractivity contribution in [2.24, 2.45) is 0 Å². The smallest absolute Gasteiger partial charge is 0.266 e. The summed E-state index contributed by atoms with van der Waals surface area (Å²) in [5.74, 6) is -0.106. The molecule has 2 heterocycles. The lowest BCUT2D eigenvalue weighted by Crippen LogP contribution is -2.29. The third kappa shape index (κ3) is 7.49. The zero-order valence-corrected chi connectivity index (χ0v) is 23.0. The fourth-order valence-corrected chi connectivity index (χ4v) is 5.97. The number of carbonyl (C=O) groups excluding carboxylic acids is 2. The molecule has 0 unspecified atom stereocenters. The second-order valence-corrected chi connectivity index (χ2v) is 11.8. The predicted molar refractivity (Wildman–Crippen MR) is 155 cm³/mol. The molecule has 5 nitrogen and oxygen atoms in total. The molecule has 0 saturated carbocycles. The topological polar surface area (TPSA) is 62.3 Å². The van der Waals surface area contributed by atoms with Crippen LogP contribution in [-0.4, -0.2) is 32.6 Å². The molecule has 0 radical (unpaired) electrons. The number of benzene rings is 2. The van der Waals surface area contributed by atoms with Crippen molar-refractivity contribution in [1.29, 1.82) is 0 Å². The van der Waals surface area contributed by atoms with E-state index in [1.54, 1.807) is 17.0 Å². The summed E-state index contributed by atoms with van der Waals surface area (Å²) in [7, 11) is 0. The number of thioether (sulfide) groups is 1. The van der Waals surface area contributed by atoms with Gasteiger partial charge in [0.25, 0.3) is 5.91 Å². The molecule has 0 aliphatic carbocycles. The largest absolute Gasteiger partial charge is 0.302 e. The van der Waals surface area contributed by atoms with Crippen molar-refractivity contribution in [2.45, 2.75) is 39.0 Å². The Labute approximate surface area is 230 Å². The average Bonchev–Trinajstić information content (AvgIpc) is 3.40. The number of aryl methyl sites for hydroxylation is 1. The Bertz CT molecular complexity index is 1270. The molecule has 1 saturated heterocycles. The highest BCUT2D eigenvalue weighted by molar-refractivity contribution is 8.26. The number of anilines is 1. The first kappa shape index (κ1) is 26.5. The maximum Gasteiger partial charge on any atom is 0.266 e. The Balaban J connectivity index is 1.16. The Hall–Kier alpha value is -2.52. The molecule has 1 aliphatic rings. The third-order valence-electron chi connectivity index (χ3n) is 5.63. The zero-order chi connectivity index (χ0) is 25.5. The van der Waals surface area contributed by atoms with Crippen molar-refractivity contribution in [1.82, 2.24) is 9.88 Å². The normalized spacial score (nSPS) is 14.6. The first-order chi connectivity index (χ1) is 17.4. The molecule has 0 bridgehead atoms. The van der Waals surface area contributed by atoms with Crippen molar-refractivity contribution in [3.05, 3.63) is 86.2 Å². The van der Waals surface area contributed by atoms with Crippen LogP contribution in [0.1, 0.15) is 47.3 Å². The molecule has 0 spiro atoms. The van der Waals surface area contributed by atoms with Gasteiger partial charge < -0.3 is 5.32 Å². The molecule has 1 fully saturated rings. The number of nitrogens with zero attached hydrogens (tertiary/aromatic N) is 2. The molecule has 2 amide bonds. The van der Waals surface area contributed by atoms with Crippen LogP contribution in [0.25, 0.3) is 6.08 Å². The predicted octanol–water partition coefficient (Wildman–Crippen LogP) is 7.10. The number of amides is 2. The summed E-state index contributed by atoms with van der Waals surface area (Å²) in [5, 5.41) is 4.19. The van der Waals surface area contributed by atoms with E-state index in [0.717, 1.165) is 36.1 Å². The van der Waals surface area contributed by atoms with E-state index in [1.807, 2.05) is 24.4 Å². The molecule has 1 N–H and O–H groups in total. The van der Waals surface area contributed by atoms with Crippen LogP contribution in [0.15, 0.2) is 59.6 Å². The molecule has 0 atom stereocenters. The van der Waals surface area contributed by atoms with E-state index >= 15 is 0 Å². The van der Waals surface area contributed by atoms with Crippen molar-refractivity contribution in [2.75, 3.05) is 11.9 Å². The molecule has 1 aliphatic heterocycles. The summed E-state index contributed by atoms with van der Waals surface area (Å²) in [4.78, 5) is 32.8. The van der Waals surface area contributed by atoms with Crippen molar-refractivity contribution >= 4 is 74.3 Å². The van der Waals surface area contributed by atoms with Gasteiger partial charge in [0.1, 0.15) is 4.32 Å². The number of hydrogen-bond acceptors (Lipinski definition) is 6. The van der Waals surface area contributed by atoms with E-state index in [2.05, 4.69) is 41.5 Å². The first-order valence-electron chi connectivity index (χ1n) is 11.7. The lowest BCUT2D eigenvalue weighted by atomic mass is 10.1. The number of halogens is 1. The number of nitrogens with one attached hydrogen (secondary N) is 1. The van der Waals surface area contributed by atoms with Crippen LogP contribution in [0.2, 0.25) is 5.02 Å². The summed E-state index contributed by atoms with van der Waals surface area (Å²) >= 11 is 14.2. The van der Waals surface area contributed by atoms with Gasteiger partial charge in [0, 0.05) is 35.5 Å². The van der Waals surface area contributed by atoms with Gasteiger partial charge in [0.2, 0.25) is 5.91 Å².